The van der Waals surface area contributed by atoms with Gasteiger partial charge in [0.2, 0.25) is 0 Å². The number of nitrogens with one attached hydrogen (secondary N) is 1. The van der Waals surface area contributed by atoms with E-state index >= 15 is 0 Å². The Balaban J connectivity index is 2.20. The van der Waals surface area contributed by atoms with Gasteiger partial charge < -0.3 is 15.8 Å². The third-order valence-electron chi connectivity index (χ3n) is 2.76. The van der Waals surface area contributed by atoms with Gasteiger partial charge in [-0.2, -0.15) is 0 Å². The highest BCUT2D eigenvalue weighted by atomic mass is 35.5. The summed E-state index contributed by atoms with van der Waals surface area (Å²) in [5, 5.41) is 2.73. The second-order valence-electron chi connectivity index (χ2n) is 4.24. The van der Waals surface area contributed by atoms with Gasteiger partial charge in [0.25, 0.3) is 5.91 Å². The zero-order valence-electron chi connectivity index (χ0n) is 11.3. The summed E-state index contributed by atoms with van der Waals surface area (Å²) in [5.41, 5.74) is 6.48. The number of hydrogen-bond acceptors (Lipinski definition) is 3. The normalized spacial score (nSPS) is 10.2. The summed E-state index contributed by atoms with van der Waals surface area (Å²) in [4.78, 5) is 12.1. The monoisotopic (exact) mass is 308 g/mol. The molecule has 0 radical (unpaired) electrons. The van der Waals surface area contributed by atoms with Crippen molar-refractivity contribution in [3.05, 3.63) is 52.8 Å². The van der Waals surface area contributed by atoms with Crippen molar-refractivity contribution in [3.63, 3.8) is 0 Å². The quantitative estimate of drug-likeness (QED) is 0.846. The first kappa shape index (κ1) is 15.1. The van der Waals surface area contributed by atoms with Crippen LogP contribution in [0.1, 0.15) is 17.3 Å². The average Bonchev–Trinajstić information content (AvgIpc) is 2.45. The molecule has 21 heavy (non-hydrogen) atoms. The van der Waals surface area contributed by atoms with Crippen molar-refractivity contribution in [1.29, 1.82) is 0 Å². The van der Waals surface area contributed by atoms with Crippen molar-refractivity contribution in [2.24, 2.45) is 0 Å². The summed E-state index contributed by atoms with van der Waals surface area (Å²) in [6, 6.07) is 8.94. The summed E-state index contributed by atoms with van der Waals surface area (Å²) >= 11 is 5.97. The van der Waals surface area contributed by atoms with Gasteiger partial charge in [0.15, 0.2) is 11.6 Å². The minimum absolute atomic E-state index is 0.137. The van der Waals surface area contributed by atoms with Crippen molar-refractivity contribution in [2.75, 3.05) is 17.7 Å². The number of halogens is 2. The Bertz CT molecular complexity index is 677. The van der Waals surface area contributed by atoms with E-state index in [1.807, 2.05) is 0 Å². The Morgan fingerprint density at radius 2 is 2.14 bits per heavy atom. The number of amides is 1. The van der Waals surface area contributed by atoms with Crippen molar-refractivity contribution >= 4 is 28.9 Å². The Labute approximate surface area is 126 Å². The molecule has 0 spiro atoms. The lowest BCUT2D eigenvalue weighted by Gasteiger charge is -2.10. The second kappa shape index (κ2) is 6.45. The maximum atomic E-state index is 13.7. The number of hydrogen-bond donors (Lipinski definition) is 2. The van der Waals surface area contributed by atoms with Gasteiger partial charge in [-0.3, -0.25) is 4.79 Å². The summed E-state index contributed by atoms with van der Waals surface area (Å²) < 4.78 is 18.8. The molecule has 0 aliphatic carbocycles. The highest BCUT2D eigenvalue weighted by molar-refractivity contribution is 6.36. The van der Waals surface area contributed by atoms with Crippen LogP contribution in [0.3, 0.4) is 0 Å². The largest absolute Gasteiger partial charge is 0.491 e. The van der Waals surface area contributed by atoms with Crippen LogP contribution in [0.4, 0.5) is 15.8 Å². The Hall–Kier alpha value is -2.27. The first-order valence-electron chi connectivity index (χ1n) is 6.30. The maximum Gasteiger partial charge on any atom is 0.257 e. The predicted molar refractivity (Wildman–Crippen MR) is 81.4 cm³/mol. The van der Waals surface area contributed by atoms with Crippen LogP contribution in [0.2, 0.25) is 5.02 Å². The van der Waals surface area contributed by atoms with Crippen LogP contribution in [0.15, 0.2) is 36.4 Å². The van der Waals surface area contributed by atoms with Gasteiger partial charge in [0, 0.05) is 11.8 Å². The van der Waals surface area contributed by atoms with Gasteiger partial charge in [-0.05, 0) is 31.2 Å². The Morgan fingerprint density at radius 3 is 2.81 bits per heavy atom. The lowest BCUT2D eigenvalue weighted by Crippen LogP contribution is -2.13. The molecule has 0 fully saturated rings. The van der Waals surface area contributed by atoms with Crippen molar-refractivity contribution < 1.29 is 13.9 Å². The van der Waals surface area contributed by atoms with E-state index in [0.29, 0.717) is 18.0 Å². The number of nitrogens with two attached hydrogens (primary N) is 1. The van der Waals surface area contributed by atoms with Gasteiger partial charge >= 0.3 is 0 Å². The van der Waals surface area contributed by atoms with Crippen LogP contribution < -0.4 is 15.8 Å². The smallest absolute Gasteiger partial charge is 0.257 e. The molecule has 6 heteroatoms. The van der Waals surface area contributed by atoms with Gasteiger partial charge in [-0.1, -0.05) is 17.7 Å². The number of ether oxygens (including phenoxy) is 1. The maximum absolute atomic E-state index is 13.7. The van der Waals surface area contributed by atoms with Gasteiger partial charge in [0.05, 0.1) is 22.9 Å². The topological polar surface area (TPSA) is 64.3 Å². The molecular formula is C15H14ClFN2O2. The van der Waals surface area contributed by atoms with Crippen LogP contribution in [0, 0.1) is 5.82 Å². The Morgan fingerprint density at radius 1 is 1.38 bits per heavy atom. The summed E-state index contributed by atoms with van der Waals surface area (Å²) in [7, 11) is 0. The lowest BCUT2D eigenvalue weighted by atomic mass is 10.2. The lowest BCUT2D eigenvalue weighted by molar-refractivity contribution is 0.102. The molecule has 4 nitrogen and oxygen atoms in total. The highest BCUT2D eigenvalue weighted by Gasteiger charge is 2.13. The zero-order valence-corrected chi connectivity index (χ0v) is 12.1. The molecule has 0 saturated carbocycles. The minimum Gasteiger partial charge on any atom is -0.491 e. The van der Waals surface area contributed by atoms with Gasteiger partial charge in [0.1, 0.15) is 0 Å². The van der Waals surface area contributed by atoms with E-state index in [-0.39, 0.29) is 16.3 Å². The van der Waals surface area contributed by atoms with E-state index < -0.39 is 11.7 Å². The average molecular weight is 309 g/mol. The molecular weight excluding hydrogens is 295 g/mol. The molecule has 0 unspecified atom stereocenters. The number of anilines is 2. The van der Waals surface area contributed by atoms with E-state index in [2.05, 4.69) is 5.32 Å². The second-order valence-corrected chi connectivity index (χ2v) is 4.62. The molecule has 0 aliphatic rings. The molecule has 110 valence electrons. The molecule has 0 saturated heterocycles. The third-order valence-corrected chi connectivity index (χ3v) is 3.18. The number of nitrogen functional groups attached to an aromatic ring is 1. The van der Waals surface area contributed by atoms with E-state index in [0.717, 1.165) is 0 Å². The number of benzene rings is 2. The minimum atomic E-state index is -0.548. The molecule has 2 aromatic rings. The molecule has 0 bridgehead atoms. The molecule has 0 heterocycles. The fourth-order valence-corrected chi connectivity index (χ4v) is 1.99. The van der Waals surface area contributed by atoms with Crippen molar-refractivity contribution in [3.8, 4) is 5.75 Å². The predicted octanol–water partition coefficient (Wildman–Crippen LogP) is 3.71. The summed E-state index contributed by atoms with van der Waals surface area (Å²) in [5.74, 6) is -0.873. The fraction of sp³-hybridized carbons (Fsp3) is 0.133. The van der Waals surface area contributed by atoms with Crippen LogP contribution in [0.25, 0.3) is 0 Å². The molecule has 2 rings (SSSR count). The molecule has 0 aliphatic heterocycles. The molecule has 2 aromatic carbocycles. The first-order chi connectivity index (χ1) is 10.0. The van der Waals surface area contributed by atoms with Crippen LogP contribution >= 0.6 is 11.6 Å². The van der Waals surface area contributed by atoms with E-state index in [1.54, 1.807) is 31.2 Å². The first-order valence-corrected chi connectivity index (χ1v) is 6.68. The summed E-state index contributed by atoms with van der Waals surface area (Å²) in [6.45, 7) is 2.12. The molecule has 3 N–H and O–H groups in total. The van der Waals surface area contributed by atoms with Crippen LogP contribution in [-0.4, -0.2) is 12.5 Å². The van der Waals surface area contributed by atoms with Crippen molar-refractivity contribution in [1.82, 2.24) is 0 Å². The fourth-order valence-electron chi connectivity index (χ4n) is 1.77. The zero-order chi connectivity index (χ0) is 15.4. The van der Waals surface area contributed by atoms with Crippen LogP contribution in [-0.2, 0) is 0 Å². The van der Waals surface area contributed by atoms with Gasteiger partial charge in [-0.15, -0.1) is 0 Å². The van der Waals surface area contributed by atoms with Crippen molar-refractivity contribution in [2.45, 2.75) is 6.92 Å². The number of carbonyl (C=O) groups is 1. The van der Waals surface area contributed by atoms with Gasteiger partial charge in [-0.25, -0.2) is 4.39 Å². The van der Waals surface area contributed by atoms with E-state index in [1.165, 1.54) is 12.1 Å². The molecule has 0 aromatic heterocycles. The number of carbonyl (C=O) groups excluding carboxylic acids is 1. The van der Waals surface area contributed by atoms with E-state index in [4.69, 9.17) is 22.1 Å². The molecule has 0 atom stereocenters. The molecule has 1 amide bonds. The van der Waals surface area contributed by atoms with E-state index in [9.17, 15) is 9.18 Å². The Kier molecular flexibility index (Phi) is 4.65. The SMILES string of the molecule is CCOc1ccc(NC(=O)c2cccc(N)c2Cl)cc1F. The standard InChI is InChI=1S/C15H14ClFN2O2/c1-2-21-13-7-6-9(8-11(13)17)19-15(20)10-4-3-5-12(18)14(10)16/h3-8H,2,18H2,1H3,(H,19,20). The summed E-state index contributed by atoms with van der Waals surface area (Å²) in [6.07, 6.45) is 0. The highest BCUT2D eigenvalue weighted by Crippen LogP contribution is 2.25. The third kappa shape index (κ3) is 3.44. The van der Waals surface area contributed by atoms with Crippen LogP contribution in [0.5, 0.6) is 5.75 Å². The number of rotatable bonds is 4.